The Morgan fingerprint density at radius 3 is 2.79 bits per heavy atom. The van der Waals surface area contributed by atoms with Gasteiger partial charge in [0.25, 0.3) is 0 Å². The molecule has 5 heteroatoms. The monoisotopic (exact) mass is 373 g/mol. The van der Waals surface area contributed by atoms with Gasteiger partial charge < -0.3 is 15.2 Å². The van der Waals surface area contributed by atoms with E-state index in [1.807, 2.05) is 6.07 Å². The van der Waals surface area contributed by atoms with Crippen molar-refractivity contribution in [2.24, 2.45) is 0 Å². The lowest BCUT2D eigenvalue weighted by molar-refractivity contribution is 0.371. The number of aromatic hydroxyl groups is 1. The van der Waals surface area contributed by atoms with Gasteiger partial charge in [0.1, 0.15) is 5.82 Å². The highest BCUT2D eigenvalue weighted by molar-refractivity contribution is 14.1. The maximum Gasteiger partial charge on any atom is 0.162 e. The van der Waals surface area contributed by atoms with E-state index in [9.17, 15) is 9.50 Å². The largest absolute Gasteiger partial charge is 0.504 e. The maximum atomic E-state index is 13.0. The van der Waals surface area contributed by atoms with E-state index in [-0.39, 0.29) is 11.6 Å². The van der Waals surface area contributed by atoms with Gasteiger partial charge in [-0.15, -0.1) is 0 Å². The summed E-state index contributed by atoms with van der Waals surface area (Å²) in [5.41, 5.74) is 1.55. The van der Waals surface area contributed by atoms with E-state index < -0.39 is 0 Å². The van der Waals surface area contributed by atoms with Crippen LogP contribution in [0, 0.1) is 9.39 Å². The predicted octanol–water partition coefficient (Wildman–Crippen LogP) is 3.76. The first-order chi connectivity index (χ1) is 9.11. The number of rotatable bonds is 4. The molecule has 0 bridgehead atoms. The van der Waals surface area contributed by atoms with Gasteiger partial charge in [0.05, 0.1) is 7.11 Å². The molecule has 2 rings (SSSR count). The van der Waals surface area contributed by atoms with Crippen LogP contribution >= 0.6 is 22.6 Å². The first kappa shape index (κ1) is 13.9. The van der Waals surface area contributed by atoms with Gasteiger partial charge in [-0.1, -0.05) is 12.1 Å². The molecule has 0 radical (unpaired) electrons. The lowest BCUT2D eigenvalue weighted by Crippen LogP contribution is -2.02. The van der Waals surface area contributed by atoms with Crippen LogP contribution < -0.4 is 10.1 Å². The molecule has 0 aliphatic rings. The van der Waals surface area contributed by atoms with E-state index in [0.29, 0.717) is 12.3 Å². The minimum atomic E-state index is -0.265. The van der Waals surface area contributed by atoms with E-state index in [0.717, 1.165) is 14.8 Å². The predicted molar refractivity (Wildman–Crippen MR) is 81.1 cm³/mol. The van der Waals surface area contributed by atoms with Crippen LogP contribution in [0.4, 0.5) is 10.1 Å². The van der Waals surface area contributed by atoms with Crippen LogP contribution in [0.3, 0.4) is 0 Å². The second-order valence-corrected chi connectivity index (χ2v) is 5.11. The molecule has 2 N–H and O–H groups in total. The van der Waals surface area contributed by atoms with Crippen LogP contribution in [0.2, 0.25) is 0 Å². The molecule has 0 atom stereocenters. The number of hydrogen-bond acceptors (Lipinski definition) is 3. The summed E-state index contributed by atoms with van der Waals surface area (Å²) in [6, 6.07) is 9.84. The molecule has 0 spiro atoms. The molecule has 0 aliphatic heterocycles. The molecule has 19 heavy (non-hydrogen) atoms. The van der Waals surface area contributed by atoms with Gasteiger partial charge in [0.2, 0.25) is 0 Å². The number of halogens is 2. The Labute approximate surface area is 124 Å². The summed E-state index contributed by atoms with van der Waals surface area (Å²) >= 11 is 2.06. The van der Waals surface area contributed by atoms with Crippen LogP contribution in [-0.4, -0.2) is 12.2 Å². The summed E-state index contributed by atoms with van der Waals surface area (Å²) in [5.74, 6) is 0.293. The summed E-state index contributed by atoms with van der Waals surface area (Å²) in [7, 11) is 1.51. The average Bonchev–Trinajstić information content (AvgIpc) is 2.39. The number of benzene rings is 2. The zero-order valence-electron chi connectivity index (χ0n) is 10.3. The maximum absolute atomic E-state index is 13.0. The molecule has 0 aliphatic carbocycles. The van der Waals surface area contributed by atoms with Crippen molar-refractivity contribution in [1.29, 1.82) is 0 Å². The molecular weight excluding hydrogens is 360 g/mol. The number of anilines is 1. The van der Waals surface area contributed by atoms with E-state index in [2.05, 4.69) is 27.9 Å². The van der Waals surface area contributed by atoms with Gasteiger partial charge in [0.15, 0.2) is 11.5 Å². The zero-order valence-corrected chi connectivity index (χ0v) is 12.4. The normalized spacial score (nSPS) is 10.3. The third-order valence-electron chi connectivity index (χ3n) is 2.70. The first-order valence-electron chi connectivity index (χ1n) is 5.65. The van der Waals surface area contributed by atoms with E-state index >= 15 is 0 Å². The molecule has 0 saturated heterocycles. The highest BCUT2D eigenvalue weighted by atomic mass is 127. The SMILES string of the molecule is COc1cccc(CNc2ccc(F)cc2I)c1O. The standard InChI is InChI=1S/C14H13FINO2/c1-19-13-4-2-3-9(14(13)18)8-17-12-6-5-10(15)7-11(12)16/h2-7,17-18H,8H2,1H3. The summed E-state index contributed by atoms with van der Waals surface area (Å²) in [6.07, 6.45) is 0. The molecule has 0 heterocycles. The van der Waals surface area contributed by atoms with Crippen LogP contribution in [0.1, 0.15) is 5.56 Å². The highest BCUT2D eigenvalue weighted by Gasteiger charge is 2.08. The van der Waals surface area contributed by atoms with Gasteiger partial charge in [-0.3, -0.25) is 0 Å². The fraction of sp³-hybridized carbons (Fsp3) is 0.143. The topological polar surface area (TPSA) is 41.5 Å². The van der Waals surface area contributed by atoms with Gasteiger partial charge in [-0.25, -0.2) is 4.39 Å². The van der Waals surface area contributed by atoms with Crippen molar-refractivity contribution in [1.82, 2.24) is 0 Å². The Morgan fingerprint density at radius 2 is 2.11 bits per heavy atom. The molecule has 0 unspecified atom stereocenters. The number of phenols is 1. The lowest BCUT2D eigenvalue weighted by Gasteiger charge is -2.11. The Balaban J connectivity index is 2.14. The van der Waals surface area contributed by atoms with Crippen molar-refractivity contribution >= 4 is 28.3 Å². The smallest absolute Gasteiger partial charge is 0.162 e. The van der Waals surface area contributed by atoms with E-state index in [1.165, 1.54) is 19.2 Å². The fourth-order valence-corrected chi connectivity index (χ4v) is 2.37. The molecule has 0 fully saturated rings. The minimum Gasteiger partial charge on any atom is -0.504 e. The molecule has 2 aromatic carbocycles. The van der Waals surface area contributed by atoms with Gasteiger partial charge in [-0.05, 0) is 46.9 Å². The van der Waals surface area contributed by atoms with Crippen molar-refractivity contribution in [2.45, 2.75) is 6.54 Å². The first-order valence-corrected chi connectivity index (χ1v) is 6.73. The lowest BCUT2D eigenvalue weighted by atomic mass is 10.2. The van der Waals surface area contributed by atoms with Gasteiger partial charge >= 0.3 is 0 Å². The molecular formula is C14H13FINO2. The molecule has 100 valence electrons. The molecule has 0 amide bonds. The Morgan fingerprint density at radius 1 is 1.32 bits per heavy atom. The van der Waals surface area contributed by atoms with Crippen LogP contribution in [-0.2, 0) is 6.54 Å². The summed E-state index contributed by atoms with van der Waals surface area (Å²) < 4.78 is 18.8. The van der Waals surface area contributed by atoms with Crippen molar-refractivity contribution in [3.05, 3.63) is 51.3 Å². The van der Waals surface area contributed by atoms with Crippen LogP contribution in [0.25, 0.3) is 0 Å². The van der Waals surface area contributed by atoms with Crippen molar-refractivity contribution in [2.75, 3.05) is 12.4 Å². The number of methoxy groups -OCH3 is 1. The number of phenolic OH excluding ortho intramolecular Hbond substituents is 1. The summed E-state index contributed by atoms with van der Waals surface area (Å²) in [5, 5.41) is 13.1. The molecule has 3 nitrogen and oxygen atoms in total. The Kier molecular flexibility index (Phi) is 4.47. The van der Waals surface area contributed by atoms with Crippen molar-refractivity contribution in [3.63, 3.8) is 0 Å². The quantitative estimate of drug-likeness (QED) is 0.803. The summed E-state index contributed by atoms with van der Waals surface area (Å²) in [4.78, 5) is 0. The van der Waals surface area contributed by atoms with Gasteiger partial charge in [-0.2, -0.15) is 0 Å². The van der Waals surface area contributed by atoms with Crippen molar-refractivity contribution in [3.8, 4) is 11.5 Å². The zero-order chi connectivity index (χ0) is 13.8. The minimum absolute atomic E-state index is 0.120. The third-order valence-corrected chi connectivity index (χ3v) is 3.60. The third kappa shape index (κ3) is 3.28. The number of ether oxygens (including phenoxy) is 1. The Hall–Kier alpha value is -1.50. The number of para-hydroxylation sites is 1. The summed E-state index contributed by atoms with van der Waals surface area (Å²) in [6.45, 7) is 0.435. The average molecular weight is 373 g/mol. The molecule has 0 saturated carbocycles. The number of nitrogens with one attached hydrogen (secondary N) is 1. The fourth-order valence-electron chi connectivity index (χ4n) is 1.70. The van der Waals surface area contributed by atoms with Crippen molar-refractivity contribution < 1.29 is 14.2 Å². The van der Waals surface area contributed by atoms with Crippen LogP contribution in [0.15, 0.2) is 36.4 Å². The number of hydrogen-bond donors (Lipinski definition) is 2. The van der Waals surface area contributed by atoms with E-state index in [4.69, 9.17) is 4.74 Å². The van der Waals surface area contributed by atoms with E-state index in [1.54, 1.807) is 18.2 Å². The second kappa shape index (κ2) is 6.10. The van der Waals surface area contributed by atoms with Gasteiger partial charge in [0, 0.05) is 21.4 Å². The van der Waals surface area contributed by atoms with Crippen LogP contribution in [0.5, 0.6) is 11.5 Å². The molecule has 2 aromatic rings. The molecule has 0 aromatic heterocycles. The Bertz CT molecular complexity index is 590. The highest BCUT2D eigenvalue weighted by Crippen LogP contribution is 2.30. The second-order valence-electron chi connectivity index (χ2n) is 3.95.